The standard InChI is InChI=1S/C24H24N4O4/c1-14-18(11-25)16-9-21(29-2)22(30-3)10-17(16)24(27-14)28-7-6-26-19(12-28)15-4-5-20-23(8-15)32-13-31-20/h4-5,8-10,19,26H,6-7,12-13H2,1-3H3. The number of ether oxygens (including phenoxy) is 4. The average Bonchev–Trinajstić information content (AvgIpc) is 3.31. The quantitative estimate of drug-likeness (QED) is 0.672. The maximum atomic E-state index is 9.77. The Labute approximate surface area is 186 Å². The van der Waals surface area contributed by atoms with Gasteiger partial charge in [-0.1, -0.05) is 6.07 Å². The molecule has 2 aliphatic heterocycles. The van der Waals surface area contributed by atoms with E-state index >= 15 is 0 Å². The summed E-state index contributed by atoms with van der Waals surface area (Å²) in [5.74, 6) is 3.59. The van der Waals surface area contributed by atoms with Gasteiger partial charge in [-0.2, -0.15) is 5.26 Å². The van der Waals surface area contributed by atoms with E-state index in [1.807, 2.05) is 31.2 Å². The molecule has 1 unspecified atom stereocenters. The van der Waals surface area contributed by atoms with E-state index in [9.17, 15) is 5.26 Å². The number of nitrogens with zero attached hydrogens (tertiary/aromatic N) is 3. The van der Waals surface area contributed by atoms with Crippen LogP contribution in [0, 0.1) is 18.3 Å². The Morgan fingerprint density at radius 3 is 2.59 bits per heavy atom. The van der Waals surface area contributed by atoms with Crippen molar-refractivity contribution in [2.45, 2.75) is 13.0 Å². The fourth-order valence-electron chi connectivity index (χ4n) is 4.42. The first-order valence-corrected chi connectivity index (χ1v) is 10.5. The van der Waals surface area contributed by atoms with Gasteiger partial charge in [-0.15, -0.1) is 0 Å². The summed E-state index contributed by atoms with van der Waals surface area (Å²) in [4.78, 5) is 7.11. The van der Waals surface area contributed by atoms with Gasteiger partial charge in [-0.05, 0) is 36.8 Å². The van der Waals surface area contributed by atoms with Gasteiger partial charge in [0.2, 0.25) is 6.79 Å². The lowest BCUT2D eigenvalue weighted by molar-refractivity contribution is 0.174. The average molecular weight is 432 g/mol. The summed E-state index contributed by atoms with van der Waals surface area (Å²) in [6, 6.07) is 12.2. The molecule has 0 spiro atoms. The molecule has 164 valence electrons. The van der Waals surface area contributed by atoms with Crippen molar-refractivity contribution in [1.29, 1.82) is 5.26 Å². The first-order chi connectivity index (χ1) is 15.6. The Morgan fingerprint density at radius 2 is 1.84 bits per heavy atom. The van der Waals surface area contributed by atoms with Crippen LogP contribution in [0.2, 0.25) is 0 Å². The number of aromatic nitrogens is 1. The van der Waals surface area contributed by atoms with Crippen molar-refractivity contribution in [2.75, 3.05) is 45.5 Å². The van der Waals surface area contributed by atoms with Crippen LogP contribution in [0.4, 0.5) is 5.82 Å². The molecule has 2 aliphatic rings. The molecule has 2 aromatic carbocycles. The van der Waals surface area contributed by atoms with Crippen molar-refractivity contribution in [3.05, 3.63) is 47.2 Å². The lowest BCUT2D eigenvalue weighted by Gasteiger charge is -2.35. The minimum atomic E-state index is 0.103. The van der Waals surface area contributed by atoms with Gasteiger partial charge >= 0.3 is 0 Å². The summed E-state index contributed by atoms with van der Waals surface area (Å²) >= 11 is 0. The van der Waals surface area contributed by atoms with E-state index in [2.05, 4.69) is 22.4 Å². The second kappa shape index (κ2) is 8.09. The van der Waals surface area contributed by atoms with Crippen molar-refractivity contribution in [3.8, 4) is 29.1 Å². The predicted molar refractivity (Wildman–Crippen MR) is 120 cm³/mol. The molecule has 0 bridgehead atoms. The molecule has 0 aliphatic carbocycles. The molecule has 5 rings (SSSR count). The SMILES string of the molecule is COc1cc2c(N3CCNC(c4ccc5c(c4)OCO5)C3)nc(C)c(C#N)c2cc1OC. The van der Waals surface area contributed by atoms with Crippen molar-refractivity contribution >= 4 is 16.6 Å². The monoisotopic (exact) mass is 432 g/mol. The van der Waals surface area contributed by atoms with E-state index in [-0.39, 0.29) is 12.8 Å². The summed E-state index contributed by atoms with van der Waals surface area (Å²) in [5.41, 5.74) is 2.38. The maximum Gasteiger partial charge on any atom is 0.231 e. The normalized spacial score (nSPS) is 17.3. The number of pyridine rings is 1. The van der Waals surface area contributed by atoms with Gasteiger partial charge in [0.1, 0.15) is 11.9 Å². The van der Waals surface area contributed by atoms with Crippen molar-refractivity contribution in [2.24, 2.45) is 0 Å². The third-order valence-corrected chi connectivity index (χ3v) is 6.06. The van der Waals surface area contributed by atoms with Crippen LogP contribution in [-0.2, 0) is 0 Å². The highest BCUT2D eigenvalue weighted by Crippen LogP contribution is 2.39. The van der Waals surface area contributed by atoms with E-state index in [4.69, 9.17) is 23.9 Å². The third kappa shape index (κ3) is 3.31. The Hall–Kier alpha value is -3.70. The van der Waals surface area contributed by atoms with Gasteiger partial charge in [0.25, 0.3) is 0 Å². The molecular weight excluding hydrogens is 408 g/mol. The lowest BCUT2D eigenvalue weighted by Crippen LogP contribution is -2.46. The maximum absolute atomic E-state index is 9.77. The van der Waals surface area contributed by atoms with Crippen LogP contribution < -0.4 is 29.2 Å². The van der Waals surface area contributed by atoms with Gasteiger partial charge < -0.3 is 29.2 Å². The number of hydrogen-bond acceptors (Lipinski definition) is 8. The largest absolute Gasteiger partial charge is 0.493 e. The number of hydrogen-bond donors (Lipinski definition) is 1. The van der Waals surface area contributed by atoms with E-state index < -0.39 is 0 Å². The fourth-order valence-corrected chi connectivity index (χ4v) is 4.42. The Morgan fingerprint density at radius 1 is 1.09 bits per heavy atom. The zero-order valence-corrected chi connectivity index (χ0v) is 18.3. The van der Waals surface area contributed by atoms with Crippen LogP contribution in [0.1, 0.15) is 22.9 Å². The number of anilines is 1. The molecule has 0 radical (unpaired) electrons. The van der Waals surface area contributed by atoms with Crippen LogP contribution in [0.15, 0.2) is 30.3 Å². The Kier molecular flexibility index (Phi) is 5.11. The second-order valence-corrected chi connectivity index (χ2v) is 7.83. The molecule has 1 saturated heterocycles. The highest BCUT2D eigenvalue weighted by molar-refractivity contribution is 5.98. The van der Waals surface area contributed by atoms with Crippen LogP contribution in [0.25, 0.3) is 10.8 Å². The number of methoxy groups -OCH3 is 2. The number of piperazine rings is 1. The van der Waals surface area contributed by atoms with E-state index in [0.717, 1.165) is 53.3 Å². The Bertz CT molecular complexity index is 1240. The number of fused-ring (bicyclic) bond motifs is 2. The molecular formula is C24H24N4O4. The van der Waals surface area contributed by atoms with Gasteiger partial charge in [-0.3, -0.25) is 0 Å². The molecule has 1 atom stereocenters. The second-order valence-electron chi connectivity index (χ2n) is 7.83. The third-order valence-electron chi connectivity index (χ3n) is 6.06. The Balaban J connectivity index is 1.57. The first kappa shape index (κ1) is 20.2. The molecule has 8 heteroatoms. The smallest absolute Gasteiger partial charge is 0.231 e. The van der Waals surface area contributed by atoms with Crippen LogP contribution >= 0.6 is 0 Å². The van der Waals surface area contributed by atoms with E-state index in [0.29, 0.717) is 22.8 Å². The zero-order valence-electron chi connectivity index (χ0n) is 18.3. The molecule has 1 N–H and O–H groups in total. The van der Waals surface area contributed by atoms with Crippen molar-refractivity contribution in [1.82, 2.24) is 10.3 Å². The number of nitriles is 1. The fraction of sp³-hybridized carbons (Fsp3) is 0.333. The van der Waals surface area contributed by atoms with E-state index in [1.165, 1.54) is 0 Å². The molecule has 3 heterocycles. The summed E-state index contributed by atoms with van der Waals surface area (Å²) in [7, 11) is 3.20. The number of rotatable bonds is 4. The van der Waals surface area contributed by atoms with Gasteiger partial charge in [0.05, 0.1) is 31.5 Å². The zero-order chi connectivity index (χ0) is 22.2. The molecule has 1 aromatic heterocycles. The summed E-state index contributed by atoms with van der Waals surface area (Å²) in [5, 5.41) is 15.0. The summed E-state index contributed by atoms with van der Waals surface area (Å²) in [6.45, 7) is 4.45. The predicted octanol–water partition coefficient (Wildman–Crippen LogP) is 3.31. The molecule has 0 amide bonds. The van der Waals surface area contributed by atoms with E-state index in [1.54, 1.807) is 14.2 Å². The number of benzene rings is 2. The molecule has 32 heavy (non-hydrogen) atoms. The topological polar surface area (TPSA) is 88.9 Å². The highest BCUT2D eigenvalue weighted by atomic mass is 16.7. The molecule has 3 aromatic rings. The van der Waals surface area contributed by atoms with Gasteiger partial charge in [0.15, 0.2) is 23.0 Å². The molecule has 8 nitrogen and oxygen atoms in total. The summed E-state index contributed by atoms with van der Waals surface area (Å²) < 4.78 is 22.0. The lowest BCUT2D eigenvalue weighted by atomic mass is 10.0. The van der Waals surface area contributed by atoms with Gasteiger partial charge in [0, 0.05) is 30.4 Å². The van der Waals surface area contributed by atoms with Crippen molar-refractivity contribution in [3.63, 3.8) is 0 Å². The molecule has 0 saturated carbocycles. The number of nitrogens with one attached hydrogen (secondary N) is 1. The van der Waals surface area contributed by atoms with Gasteiger partial charge in [-0.25, -0.2) is 4.98 Å². The highest BCUT2D eigenvalue weighted by Gasteiger charge is 2.26. The minimum Gasteiger partial charge on any atom is -0.493 e. The van der Waals surface area contributed by atoms with Crippen LogP contribution in [-0.4, -0.2) is 45.6 Å². The summed E-state index contributed by atoms with van der Waals surface area (Å²) in [6.07, 6.45) is 0. The first-order valence-electron chi connectivity index (χ1n) is 10.5. The van der Waals surface area contributed by atoms with Crippen LogP contribution in [0.5, 0.6) is 23.0 Å². The minimum absolute atomic E-state index is 0.103. The van der Waals surface area contributed by atoms with Crippen LogP contribution in [0.3, 0.4) is 0 Å². The van der Waals surface area contributed by atoms with Crippen molar-refractivity contribution < 1.29 is 18.9 Å². The molecule has 1 fully saturated rings. The number of aryl methyl sites for hydroxylation is 1.